The predicted octanol–water partition coefficient (Wildman–Crippen LogP) is -0.0957. The third kappa shape index (κ3) is 5.50. The molecule has 3 amide bonds. The molecule has 1 atom stereocenters. The number of carbonyl (C=O) groups is 3. The highest BCUT2D eigenvalue weighted by atomic mass is 32.2. The number of nitrogens with one attached hydrogen (secondary N) is 2. The normalized spacial score (nSPS) is 21.5. The van der Waals surface area contributed by atoms with Crippen LogP contribution < -0.4 is 16.5 Å². The second-order valence-corrected chi connectivity index (χ2v) is 9.41. The lowest BCUT2D eigenvalue weighted by molar-refractivity contribution is -0.137. The fourth-order valence-corrected chi connectivity index (χ4v) is 6.39. The Morgan fingerprint density at radius 2 is 1.92 bits per heavy atom. The van der Waals surface area contributed by atoms with Crippen LogP contribution in [0.3, 0.4) is 0 Å². The van der Waals surface area contributed by atoms with Crippen LogP contribution in [0.4, 0.5) is 0 Å². The van der Waals surface area contributed by atoms with Crippen LogP contribution in [0.25, 0.3) is 0 Å². The topological polar surface area (TPSA) is 125 Å². The van der Waals surface area contributed by atoms with Crippen molar-refractivity contribution in [3.63, 3.8) is 0 Å². The molecule has 2 fully saturated rings. The Kier molecular flexibility index (Phi) is 7.85. The summed E-state index contributed by atoms with van der Waals surface area (Å²) in [5, 5.41) is 11.3. The molecule has 2 aliphatic rings. The van der Waals surface area contributed by atoms with Gasteiger partial charge in [0, 0.05) is 37.4 Å². The van der Waals surface area contributed by atoms with Gasteiger partial charge in [-0.25, -0.2) is 5.48 Å². The number of thioether (sulfide) groups is 2. The fourth-order valence-electron chi connectivity index (χ4n) is 3.13. The molecule has 2 heterocycles. The molecule has 0 aromatic rings. The van der Waals surface area contributed by atoms with Crippen LogP contribution in [0.2, 0.25) is 0 Å². The van der Waals surface area contributed by atoms with Gasteiger partial charge in [-0.15, -0.1) is 23.5 Å². The van der Waals surface area contributed by atoms with Crippen molar-refractivity contribution in [2.75, 3.05) is 31.1 Å². The average molecular weight is 391 g/mol. The summed E-state index contributed by atoms with van der Waals surface area (Å²) in [6.45, 7) is 1.00. The predicted molar refractivity (Wildman–Crippen MR) is 98.2 cm³/mol. The van der Waals surface area contributed by atoms with Crippen molar-refractivity contribution in [1.82, 2.24) is 15.7 Å². The van der Waals surface area contributed by atoms with Crippen molar-refractivity contribution < 1.29 is 19.6 Å². The monoisotopic (exact) mass is 390 g/mol. The molecule has 2 rings (SSSR count). The summed E-state index contributed by atoms with van der Waals surface area (Å²) in [4.78, 5) is 37.2. The lowest BCUT2D eigenvalue weighted by Gasteiger charge is -2.23. The second kappa shape index (κ2) is 9.65. The van der Waals surface area contributed by atoms with Crippen molar-refractivity contribution in [2.45, 2.75) is 42.2 Å². The van der Waals surface area contributed by atoms with Crippen LogP contribution in [-0.4, -0.2) is 69.1 Å². The van der Waals surface area contributed by atoms with Crippen LogP contribution in [0.15, 0.2) is 0 Å². The Bertz CT molecular complexity index is 500. The summed E-state index contributed by atoms with van der Waals surface area (Å²) < 4.78 is -0.0650. The van der Waals surface area contributed by atoms with Crippen LogP contribution in [0, 0.1) is 0 Å². The minimum atomic E-state index is -0.450. The standard InChI is InChI=1S/C15H26N4O4S2/c16-9-13(21)19-10-15(24-6-7-25-15)8-11(19)14(22)17-5-3-1-2-4-12(20)18-23/h11,23H,1-10,16H2,(H,17,22)(H,18,20)/t11-/m0/s1. The van der Waals surface area contributed by atoms with Gasteiger partial charge in [-0.3, -0.25) is 19.6 Å². The number of nitrogens with zero attached hydrogens (tertiary/aromatic N) is 1. The summed E-state index contributed by atoms with van der Waals surface area (Å²) >= 11 is 3.67. The number of amides is 3. The number of likely N-dealkylation sites (tertiary alicyclic amines) is 1. The molecule has 8 nitrogen and oxygen atoms in total. The zero-order valence-electron chi connectivity index (χ0n) is 14.2. The highest BCUT2D eigenvalue weighted by molar-refractivity contribution is 8.21. The van der Waals surface area contributed by atoms with Crippen molar-refractivity contribution in [1.29, 1.82) is 0 Å². The van der Waals surface area contributed by atoms with Crippen molar-refractivity contribution in [3.8, 4) is 0 Å². The smallest absolute Gasteiger partial charge is 0.243 e. The van der Waals surface area contributed by atoms with Gasteiger partial charge in [0.1, 0.15) is 6.04 Å². The number of rotatable bonds is 8. The number of hydrogen-bond acceptors (Lipinski definition) is 7. The molecule has 0 saturated carbocycles. The number of hydrogen-bond donors (Lipinski definition) is 4. The van der Waals surface area contributed by atoms with E-state index in [4.69, 9.17) is 10.9 Å². The van der Waals surface area contributed by atoms with E-state index < -0.39 is 11.9 Å². The largest absolute Gasteiger partial charge is 0.354 e. The first-order valence-electron chi connectivity index (χ1n) is 8.49. The van der Waals surface area contributed by atoms with Gasteiger partial charge in [-0.05, 0) is 12.8 Å². The van der Waals surface area contributed by atoms with E-state index in [0.29, 0.717) is 25.9 Å². The van der Waals surface area contributed by atoms with E-state index in [9.17, 15) is 14.4 Å². The zero-order chi connectivity index (χ0) is 18.3. The van der Waals surface area contributed by atoms with E-state index in [-0.39, 0.29) is 28.9 Å². The Balaban J connectivity index is 1.78. The summed E-state index contributed by atoms with van der Waals surface area (Å²) in [5.41, 5.74) is 7.10. The molecule has 0 aromatic carbocycles. The summed E-state index contributed by atoms with van der Waals surface area (Å²) in [6, 6.07) is -0.450. The van der Waals surface area contributed by atoms with E-state index >= 15 is 0 Å². The number of hydroxylamine groups is 1. The van der Waals surface area contributed by atoms with E-state index in [1.165, 1.54) is 0 Å². The zero-order valence-corrected chi connectivity index (χ0v) is 15.8. The number of nitrogens with two attached hydrogens (primary N) is 1. The van der Waals surface area contributed by atoms with E-state index in [0.717, 1.165) is 24.3 Å². The first-order valence-corrected chi connectivity index (χ1v) is 10.5. The van der Waals surface area contributed by atoms with E-state index in [1.54, 1.807) is 10.4 Å². The van der Waals surface area contributed by atoms with Gasteiger partial charge < -0.3 is 16.0 Å². The lowest BCUT2D eigenvalue weighted by atomic mass is 10.1. The van der Waals surface area contributed by atoms with Crippen LogP contribution in [-0.2, 0) is 14.4 Å². The highest BCUT2D eigenvalue weighted by Crippen LogP contribution is 2.51. The van der Waals surface area contributed by atoms with Crippen LogP contribution >= 0.6 is 23.5 Å². The highest BCUT2D eigenvalue weighted by Gasteiger charge is 2.50. The van der Waals surface area contributed by atoms with E-state index in [2.05, 4.69) is 5.32 Å². The molecule has 25 heavy (non-hydrogen) atoms. The molecule has 2 saturated heterocycles. The minimum absolute atomic E-state index is 0.0650. The molecule has 0 radical (unpaired) electrons. The quantitative estimate of drug-likeness (QED) is 0.259. The molecular weight excluding hydrogens is 364 g/mol. The molecule has 0 bridgehead atoms. The maximum Gasteiger partial charge on any atom is 0.243 e. The lowest BCUT2D eigenvalue weighted by Crippen LogP contribution is -2.48. The second-order valence-electron chi connectivity index (χ2n) is 6.19. The molecule has 142 valence electrons. The molecule has 10 heteroatoms. The summed E-state index contributed by atoms with van der Waals surface area (Å²) in [7, 11) is 0. The molecule has 0 unspecified atom stereocenters. The van der Waals surface area contributed by atoms with Crippen molar-refractivity contribution in [3.05, 3.63) is 0 Å². The molecule has 2 aliphatic heterocycles. The van der Waals surface area contributed by atoms with Crippen molar-refractivity contribution >= 4 is 41.2 Å². The Hall–Kier alpha value is -0.970. The Labute approximate surface area is 156 Å². The summed E-state index contributed by atoms with van der Waals surface area (Å²) in [6.07, 6.45) is 3.11. The molecule has 1 spiro atoms. The molecule has 5 N–H and O–H groups in total. The van der Waals surface area contributed by atoms with E-state index in [1.807, 2.05) is 23.5 Å². The maximum atomic E-state index is 12.5. The average Bonchev–Trinajstić information content (AvgIpc) is 3.24. The third-order valence-corrected chi connectivity index (χ3v) is 7.83. The first-order chi connectivity index (χ1) is 12.0. The first kappa shape index (κ1) is 20.3. The number of unbranched alkanes of at least 4 members (excludes halogenated alkanes) is 2. The molecular formula is C15H26N4O4S2. The summed E-state index contributed by atoms with van der Waals surface area (Å²) in [5.74, 6) is 1.39. The Morgan fingerprint density at radius 3 is 2.56 bits per heavy atom. The fraction of sp³-hybridized carbons (Fsp3) is 0.800. The van der Waals surface area contributed by atoms with Gasteiger partial charge in [0.05, 0.1) is 10.6 Å². The third-order valence-electron chi connectivity index (χ3n) is 4.41. The van der Waals surface area contributed by atoms with Crippen molar-refractivity contribution in [2.24, 2.45) is 5.73 Å². The van der Waals surface area contributed by atoms with Gasteiger partial charge >= 0.3 is 0 Å². The Morgan fingerprint density at radius 1 is 1.20 bits per heavy atom. The van der Waals surface area contributed by atoms with Crippen LogP contribution in [0.5, 0.6) is 0 Å². The minimum Gasteiger partial charge on any atom is -0.354 e. The van der Waals surface area contributed by atoms with Gasteiger partial charge in [-0.1, -0.05) is 6.42 Å². The number of carbonyl (C=O) groups excluding carboxylic acids is 3. The van der Waals surface area contributed by atoms with Gasteiger partial charge in [0.2, 0.25) is 17.7 Å². The van der Waals surface area contributed by atoms with Gasteiger partial charge in [0.15, 0.2) is 0 Å². The molecule has 0 aliphatic carbocycles. The van der Waals surface area contributed by atoms with Gasteiger partial charge in [-0.2, -0.15) is 0 Å². The molecule has 0 aromatic heterocycles. The van der Waals surface area contributed by atoms with Gasteiger partial charge in [0.25, 0.3) is 0 Å². The SMILES string of the molecule is NCC(=O)N1CC2(C[C@H]1C(=O)NCCCCCC(=O)NO)SCCS2. The van der Waals surface area contributed by atoms with Crippen LogP contribution in [0.1, 0.15) is 32.1 Å². The maximum absolute atomic E-state index is 12.5.